The number of hydrogen-bond acceptors (Lipinski definition) is 16. The molecule has 372 valence electrons. The van der Waals surface area contributed by atoms with Gasteiger partial charge < -0.3 is 41.6 Å². The molecule has 0 bridgehead atoms. The van der Waals surface area contributed by atoms with E-state index in [4.69, 9.17) is 20.3 Å². The smallest absolute Gasteiger partial charge is 0.407 e. The molecule has 2 amide bonds. The summed E-state index contributed by atoms with van der Waals surface area (Å²) in [5.41, 5.74) is 6.46. The van der Waals surface area contributed by atoms with E-state index in [1.165, 1.54) is 24.0 Å². The number of aromatic nitrogens is 6. The Labute approximate surface area is 405 Å². The number of nitrogens with one attached hydrogen (secondary N) is 4. The van der Waals surface area contributed by atoms with Crippen LogP contribution in [0.5, 0.6) is 0 Å². The van der Waals surface area contributed by atoms with Gasteiger partial charge in [0.15, 0.2) is 5.69 Å². The molecule has 7 N–H and O–H groups in total. The molecule has 6 aromatic rings. The number of rotatable bonds is 15. The van der Waals surface area contributed by atoms with Gasteiger partial charge in [-0.3, -0.25) is 38.8 Å². The number of pyridine rings is 2. The zero-order chi connectivity index (χ0) is 51.6. The fourth-order valence-corrected chi connectivity index (χ4v) is 6.65. The zero-order valence-corrected chi connectivity index (χ0v) is 40.8. The van der Waals surface area contributed by atoms with Crippen LogP contribution in [0.2, 0.25) is 0 Å². The average Bonchev–Trinajstić information content (AvgIpc) is 3.31. The van der Waals surface area contributed by atoms with E-state index in [-0.39, 0.29) is 35.5 Å². The van der Waals surface area contributed by atoms with Gasteiger partial charge in [0, 0.05) is 70.2 Å². The van der Waals surface area contributed by atoms with Gasteiger partial charge in [-0.15, -0.1) is 0 Å². The fraction of sp³-hybridized carbons (Fsp3) is 0.347. The minimum absolute atomic E-state index is 0.0574. The number of nitrogen functional groups attached to an aromatic ring is 1. The number of nitrogens with two attached hydrogens (primary N) is 1. The second-order valence-corrected chi connectivity index (χ2v) is 17.6. The molecule has 0 radical (unpaired) electrons. The molecule has 0 saturated heterocycles. The Morgan fingerprint density at radius 2 is 1.03 bits per heavy atom. The molecule has 2 aromatic carbocycles. The first-order valence-corrected chi connectivity index (χ1v) is 22.1. The molecule has 2 atom stereocenters. The van der Waals surface area contributed by atoms with Crippen LogP contribution in [0.25, 0.3) is 22.5 Å². The van der Waals surface area contributed by atoms with Crippen molar-refractivity contribution in [1.29, 1.82) is 0 Å². The number of carbonyl (C=O) groups is 2. The summed E-state index contributed by atoms with van der Waals surface area (Å²) >= 11 is 0. The third kappa shape index (κ3) is 16.5. The molecule has 21 nitrogen and oxygen atoms in total. The Morgan fingerprint density at radius 1 is 0.657 bits per heavy atom. The van der Waals surface area contributed by atoms with Gasteiger partial charge in [-0.2, -0.15) is 0 Å². The van der Waals surface area contributed by atoms with Crippen molar-refractivity contribution in [3.8, 4) is 22.5 Å². The maximum atomic E-state index is 12.8. The fourth-order valence-electron chi connectivity index (χ4n) is 6.65. The van der Waals surface area contributed by atoms with E-state index >= 15 is 0 Å². The lowest BCUT2D eigenvalue weighted by Gasteiger charge is -2.24. The Balaban J connectivity index is 0.000000295. The molecule has 0 aliphatic rings. The van der Waals surface area contributed by atoms with Crippen molar-refractivity contribution in [2.24, 2.45) is 14.1 Å². The molecule has 0 saturated carbocycles. The molecule has 4 heterocycles. The van der Waals surface area contributed by atoms with Crippen molar-refractivity contribution in [1.82, 2.24) is 39.7 Å². The quantitative estimate of drug-likeness (QED) is 0.0518. The Bertz CT molecular complexity index is 2760. The molecule has 21 heteroatoms. The van der Waals surface area contributed by atoms with Crippen molar-refractivity contribution in [3.05, 3.63) is 152 Å². The predicted molar refractivity (Wildman–Crippen MR) is 268 cm³/mol. The topological polar surface area (TPSA) is 286 Å². The van der Waals surface area contributed by atoms with Crippen LogP contribution in [0.3, 0.4) is 0 Å². The van der Waals surface area contributed by atoms with E-state index in [1.807, 2.05) is 81.4 Å². The van der Waals surface area contributed by atoms with E-state index < -0.39 is 45.6 Å². The maximum Gasteiger partial charge on any atom is 0.407 e. The minimum atomic E-state index is -0.806. The third-order valence-corrected chi connectivity index (χ3v) is 9.79. The predicted octanol–water partition coefficient (Wildman–Crippen LogP) is 5.88. The first-order valence-electron chi connectivity index (χ1n) is 22.1. The maximum absolute atomic E-state index is 12.8. The largest absolute Gasteiger partial charge is 0.444 e. The van der Waals surface area contributed by atoms with Crippen LogP contribution < -0.4 is 38.1 Å². The lowest BCUT2D eigenvalue weighted by Crippen LogP contribution is -2.44. The van der Waals surface area contributed by atoms with Crippen molar-refractivity contribution in [2.45, 2.75) is 77.7 Å². The Kier molecular flexibility index (Phi) is 19.6. The number of hydrogen-bond donors (Lipinski definition) is 6. The van der Waals surface area contributed by atoms with Gasteiger partial charge in [-0.1, -0.05) is 60.7 Å². The highest BCUT2D eigenvalue weighted by molar-refractivity contribution is 5.73. The van der Waals surface area contributed by atoms with Crippen LogP contribution in [0.1, 0.15) is 52.7 Å². The highest BCUT2D eigenvalue weighted by Gasteiger charge is 2.27. The van der Waals surface area contributed by atoms with Crippen molar-refractivity contribution < 1.29 is 29.1 Å². The van der Waals surface area contributed by atoms with Crippen molar-refractivity contribution >= 4 is 35.5 Å². The first kappa shape index (κ1) is 54.4. The van der Waals surface area contributed by atoms with Crippen molar-refractivity contribution in [3.63, 3.8) is 0 Å². The third-order valence-electron chi connectivity index (χ3n) is 9.79. The second kappa shape index (κ2) is 25.2. The Hall–Kier alpha value is -8.20. The van der Waals surface area contributed by atoms with Crippen LogP contribution in [0.15, 0.2) is 119 Å². The standard InChI is InChI=1S/C24H28N6O5.C24H30N6O3.CH4O/c1-24(2,3)35-23(32)27-18(14-16-8-6-5-7-9-16)15-26-22-28-19(17-10-12-25-13-11-17)20(30(33)34)21(31)29(22)4;1-24(2,3)33-23(32)28-18(14-16-8-6-5-7-9-16)15-27-22-29-20(17-10-12-26-13-11-17)19(25)21(31)30(22)4;1-2/h5-13,18H,14-15H2,1-4H3,(H,26,28)(H,27,32);5-13,18H,14-15,25H2,1-4H3,(H,27,29)(H,28,32);2H,1H3/t2*18-;/m00./s1. The number of aliphatic hydroxyl groups is 1. The number of nitro groups is 1. The SMILES string of the molecule is CO.Cn1c(NC[C@H](Cc2ccccc2)NC(=O)OC(C)(C)C)nc(-c2ccncc2)c(N)c1=O.Cn1c(NC[C@H](Cc2ccccc2)NC(=O)OC(C)(C)C)nc(-c2ccncc2)c([N+](=O)[O-])c1=O. The molecular weight excluding hydrogens is 901 g/mol. The summed E-state index contributed by atoms with van der Waals surface area (Å²) in [6.07, 6.45) is 6.10. The summed E-state index contributed by atoms with van der Waals surface area (Å²) in [4.78, 5) is 78.2. The van der Waals surface area contributed by atoms with E-state index in [1.54, 1.807) is 64.5 Å². The van der Waals surface area contributed by atoms with Gasteiger partial charge in [-0.05, 0) is 89.8 Å². The van der Waals surface area contributed by atoms with Gasteiger partial charge in [0.1, 0.15) is 22.6 Å². The van der Waals surface area contributed by atoms with E-state index in [9.17, 15) is 29.3 Å². The van der Waals surface area contributed by atoms with Gasteiger partial charge in [0.05, 0.1) is 17.0 Å². The lowest BCUT2D eigenvalue weighted by atomic mass is 10.1. The van der Waals surface area contributed by atoms with Gasteiger partial charge in [0.25, 0.3) is 5.56 Å². The summed E-state index contributed by atoms with van der Waals surface area (Å²) in [6.45, 7) is 11.2. The molecule has 6 rings (SSSR count). The molecule has 70 heavy (non-hydrogen) atoms. The molecule has 0 aliphatic carbocycles. The molecule has 0 unspecified atom stereocenters. The summed E-state index contributed by atoms with van der Waals surface area (Å²) in [6, 6.07) is 25.2. The number of carbonyl (C=O) groups excluding carboxylic acids is 2. The zero-order valence-electron chi connectivity index (χ0n) is 40.8. The first-order chi connectivity index (χ1) is 33.2. The van der Waals surface area contributed by atoms with E-state index in [0.29, 0.717) is 42.2 Å². The number of aliphatic hydroxyl groups excluding tert-OH is 1. The number of benzene rings is 2. The molecule has 0 spiro atoms. The van der Waals surface area contributed by atoms with E-state index in [2.05, 4.69) is 41.2 Å². The van der Waals surface area contributed by atoms with Crippen LogP contribution in [-0.4, -0.2) is 94.8 Å². The molecule has 0 aliphatic heterocycles. The van der Waals surface area contributed by atoms with Crippen LogP contribution in [0.4, 0.5) is 32.9 Å². The number of anilines is 3. The van der Waals surface area contributed by atoms with E-state index in [0.717, 1.165) is 22.8 Å². The normalized spacial score (nSPS) is 11.8. The van der Waals surface area contributed by atoms with Crippen molar-refractivity contribution in [2.75, 3.05) is 36.6 Å². The highest BCUT2D eigenvalue weighted by Crippen LogP contribution is 2.26. The molecule has 4 aromatic heterocycles. The average molecular weight is 963 g/mol. The van der Waals surface area contributed by atoms with Crippen LogP contribution in [-0.2, 0) is 36.4 Å². The van der Waals surface area contributed by atoms with Crippen LogP contribution >= 0.6 is 0 Å². The second-order valence-electron chi connectivity index (χ2n) is 17.6. The number of ether oxygens (including phenoxy) is 2. The summed E-state index contributed by atoms with van der Waals surface area (Å²) in [5.74, 6) is 0.460. The number of amides is 2. The minimum Gasteiger partial charge on any atom is -0.444 e. The van der Waals surface area contributed by atoms with Gasteiger partial charge in [0.2, 0.25) is 11.9 Å². The molecule has 0 fully saturated rings. The van der Waals surface area contributed by atoms with Gasteiger partial charge >= 0.3 is 23.4 Å². The highest BCUT2D eigenvalue weighted by atomic mass is 16.6. The van der Waals surface area contributed by atoms with Gasteiger partial charge in [-0.25, -0.2) is 19.6 Å². The summed E-state index contributed by atoms with van der Waals surface area (Å²) in [7, 11) is 3.99. The molecular formula is C49H62N12O9. The Morgan fingerprint density at radius 3 is 1.41 bits per heavy atom. The monoisotopic (exact) mass is 962 g/mol. The summed E-state index contributed by atoms with van der Waals surface area (Å²) < 4.78 is 13.2. The number of nitrogens with zero attached hydrogens (tertiary/aromatic N) is 7. The lowest BCUT2D eigenvalue weighted by molar-refractivity contribution is -0.386. The summed E-state index contributed by atoms with van der Waals surface area (Å²) in [5, 5.41) is 30.7. The van der Waals surface area contributed by atoms with Crippen LogP contribution in [0, 0.1) is 10.1 Å². The number of alkyl carbamates (subject to hydrolysis) is 2.